The van der Waals surface area contributed by atoms with Gasteiger partial charge in [-0.3, -0.25) is 0 Å². The van der Waals surface area contributed by atoms with Gasteiger partial charge in [0.15, 0.2) is 6.10 Å². The lowest BCUT2D eigenvalue weighted by Gasteiger charge is -2.25. The highest BCUT2D eigenvalue weighted by Crippen LogP contribution is 2.35. The highest BCUT2D eigenvalue weighted by atomic mass is 16.5. The highest BCUT2D eigenvalue weighted by molar-refractivity contribution is 5.78. The van der Waals surface area contributed by atoms with Crippen LogP contribution >= 0.6 is 0 Å². The third kappa shape index (κ3) is 2.65. The molecule has 124 valence electrons. The average molecular weight is 324 g/mol. The molecule has 1 aromatic carbocycles. The summed E-state index contributed by atoms with van der Waals surface area (Å²) < 4.78 is 5.42. The Bertz CT molecular complexity index is 752. The molecule has 1 unspecified atom stereocenters. The summed E-state index contributed by atoms with van der Waals surface area (Å²) in [6, 6.07) is 9.93. The third-order valence-electron chi connectivity index (χ3n) is 4.84. The number of nitrogens with zero attached hydrogens (tertiary/aromatic N) is 2. The predicted octanol–water partition coefficient (Wildman–Crippen LogP) is 3.05. The summed E-state index contributed by atoms with van der Waals surface area (Å²) in [5.41, 5.74) is 3.91. The van der Waals surface area contributed by atoms with Gasteiger partial charge in [0, 0.05) is 24.8 Å². The maximum Gasteiger partial charge on any atom is 0.337 e. The Balaban J connectivity index is 1.69. The third-order valence-corrected chi connectivity index (χ3v) is 4.84. The van der Waals surface area contributed by atoms with Gasteiger partial charge in [-0.2, -0.15) is 0 Å². The van der Waals surface area contributed by atoms with E-state index in [4.69, 9.17) is 4.74 Å². The summed E-state index contributed by atoms with van der Waals surface area (Å²) in [7, 11) is 0. The predicted molar refractivity (Wildman–Crippen MR) is 91.2 cm³/mol. The normalized spacial score (nSPS) is 20.0. The second-order valence-corrected chi connectivity index (χ2v) is 6.31. The van der Waals surface area contributed by atoms with E-state index in [1.54, 1.807) is 0 Å². The van der Waals surface area contributed by atoms with Crippen molar-refractivity contribution in [2.24, 2.45) is 0 Å². The number of rotatable bonds is 3. The van der Waals surface area contributed by atoms with Crippen molar-refractivity contribution in [2.75, 3.05) is 24.6 Å². The molecular weight excluding hydrogens is 304 g/mol. The number of fused-ring (bicyclic) bond motifs is 1. The molecule has 24 heavy (non-hydrogen) atoms. The van der Waals surface area contributed by atoms with Crippen LogP contribution in [0, 0.1) is 0 Å². The minimum absolute atomic E-state index is 0.431. The highest BCUT2D eigenvalue weighted by Gasteiger charge is 2.28. The number of hydrogen-bond acceptors (Lipinski definition) is 4. The molecular formula is C19H20N2O3. The van der Waals surface area contributed by atoms with Crippen LogP contribution in [0.25, 0.3) is 11.1 Å². The molecule has 2 aliphatic heterocycles. The van der Waals surface area contributed by atoms with Crippen molar-refractivity contribution in [3.8, 4) is 11.1 Å². The van der Waals surface area contributed by atoms with E-state index in [1.807, 2.05) is 24.4 Å². The average Bonchev–Trinajstić information content (AvgIpc) is 3.15. The van der Waals surface area contributed by atoms with Gasteiger partial charge in [-0.1, -0.05) is 18.2 Å². The standard InChI is InChI=1S/C19H20N2O3/c22-19(23)18-16-5-3-4-14(15(16)8-11-24-18)13-6-7-17(20-12-13)21-9-1-2-10-21/h3-7,12,18H,1-2,8-11H2,(H,22,23). The zero-order valence-corrected chi connectivity index (χ0v) is 13.4. The zero-order chi connectivity index (χ0) is 16.5. The Labute approximate surface area is 140 Å². The monoisotopic (exact) mass is 324 g/mol. The number of carboxylic acid groups (broad SMARTS) is 1. The SMILES string of the molecule is O=C(O)C1OCCc2c(-c3ccc(N4CCCC4)nc3)cccc21. The number of aliphatic carboxylic acids is 1. The number of aromatic nitrogens is 1. The molecule has 5 heteroatoms. The fraction of sp³-hybridized carbons (Fsp3) is 0.368. The number of ether oxygens (including phenoxy) is 1. The summed E-state index contributed by atoms with van der Waals surface area (Å²) in [4.78, 5) is 18.3. The van der Waals surface area contributed by atoms with Crippen LogP contribution in [0.1, 0.15) is 30.1 Å². The van der Waals surface area contributed by atoms with Gasteiger partial charge >= 0.3 is 5.97 Å². The topological polar surface area (TPSA) is 62.7 Å². The molecule has 3 heterocycles. The number of pyridine rings is 1. The summed E-state index contributed by atoms with van der Waals surface area (Å²) in [5, 5.41) is 9.36. The molecule has 5 nitrogen and oxygen atoms in total. The second-order valence-electron chi connectivity index (χ2n) is 6.31. The van der Waals surface area contributed by atoms with Crippen molar-refractivity contribution >= 4 is 11.8 Å². The first-order chi connectivity index (χ1) is 11.7. The van der Waals surface area contributed by atoms with Gasteiger partial charge in [0.2, 0.25) is 0 Å². The van der Waals surface area contributed by atoms with E-state index in [0.29, 0.717) is 6.61 Å². The number of anilines is 1. The molecule has 0 bridgehead atoms. The lowest BCUT2D eigenvalue weighted by atomic mass is 9.90. The van der Waals surface area contributed by atoms with Gasteiger partial charge in [-0.05, 0) is 48.1 Å². The van der Waals surface area contributed by atoms with Crippen molar-refractivity contribution in [2.45, 2.75) is 25.4 Å². The van der Waals surface area contributed by atoms with Crippen molar-refractivity contribution in [3.05, 3.63) is 47.7 Å². The van der Waals surface area contributed by atoms with Crippen molar-refractivity contribution in [3.63, 3.8) is 0 Å². The molecule has 1 aromatic heterocycles. The van der Waals surface area contributed by atoms with E-state index < -0.39 is 12.1 Å². The number of hydrogen-bond donors (Lipinski definition) is 1. The number of benzene rings is 1. The van der Waals surface area contributed by atoms with E-state index in [2.05, 4.69) is 22.0 Å². The second kappa shape index (κ2) is 6.24. The summed E-state index contributed by atoms with van der Waals surface area (Å²) in [5.74, 6) is 0.0865. The van der Waals surface area contributed by atoms with Crippen LogP contribution in [0.3, 0.4) is 0 Å². The Hall–Kier alpha value is -2.40. The maximum absolute atomic E-state index is 11.4. The molecule has 0 radical (unpaired) electrons. The Morgan fingerprint density at radius 1 is 1.21 bits per heavy atom. The molecule has 2 aromatic rings. The number of carbonyl (C=O) groups is 1. The Morgan fingerprint density at radius 2 is 2.04 bits per heavy atom. The largest absolute Gasteiger partial charge is 0.479 e. The molecule has 0 saturated carbocycles. The zero-order valence-electron chi connectivity index (χ0n) is 13.4. The molecule has 4 rings (SSSR count). The summed E-state index contributed by atoms with van der Waals surface area (Å²) in [6.45, 7) is 2.58. The number of carboxylic acids is 1. The van der Waals surface area contributed by atoms with Crippen molar-refractivity contribution in [1.29, 1.82) is 0 Å². The van der Waals surface area contributed by atoms with Crippen molar-refractivity contribution < 1.29 is 14.6 Å². The van der Waals surface area contributed by atoms with Gasteiger partial charge in [0.1, 0.15) is 5.82 Å². The van der Waals surface area contributed by atoms with Gasteiger partial charge in [-0.15, -0.1) is 0 Å². The molecule has 0 amide bonds. The van der Waals surface area contributed by atoms with Crippen LogP contribution in [0.2, 0.25) is 0 Å². The lowest BCUT2D eigenvalue weighted by molar-refractivity contribution is -0.151. The minimum atomic E-state index is -0.935. The fourth-order valence-corrected chi connectivity index (χ4v) is 3.65. The van der Waals surface area contributed by atoms with Crippen LogP contribution in [0.15, 0.2) is 36.5 Å². The smallest absolute Gasteiger partial charge is 0.337 e. The molecule has 2 aliphatic rings. The van der Waals surface area contributed by atoms with Crippen LogP contribution < -0.4 is 4.90 Å². The van der Waals surface area contributed by atoms with Crippen LogP contribution in [-0.4, -0.2) is 35.8 Å². The first-order valence-electron chi connectivity index (χ1n) is 8.41. The van der Waals surface area contributed by atoms with E-state index in [-0.39, 0.29) is 0 Å². The van der Waals surface area contributed by atoms with Crippen LogP contribution in [-0.2, 0) is 16.0 Å². The van der Waals surface area contributed by atoms with Crippen LogP contribution in [0.4, 0.5) is 5.82 Å². The van der Waals surface area contributed by atoms with Gasteiger partial charge in [0.25, 0.3) is 0 Å². The first kappa shape index (κ1) is 15.1. The van der Waals surface area contributed by atoms with Crippen LogP contribution in [0.5, 0.6) is 0 Å². The van der Waals surface area contributed by atoms with E-state index in [0.717, 1.165) is 47.6 Å². The lowest BCUT2D eigenvalue weighted by Crippen LogP contribution is -2.23. The summed E-state index contributed by atoms with van der Waals surface area (Å²) >= 11 is 0. The minimum Gasteiger partial charge on any atom is -0.479 e. The van der Waals surface area contributed by atoms with E-state index >= 15 is 0 Å². The van der Waals surface area contributed by atoms with Gasteiger partial charge in [0.05, 0.1) is 6.61 Å². The molecule has 1 N–H and O–H groups in total. The summed E-state index contributed by atoms with van der Waals surface area (Å²) in [6.07, 6.45) is 4.21. The molecule has 1 fully saturated rings. The van der Waals surface area contributed by atoms with E-state index in [9.17, 15) is 9.90 Å². The molecule has 0 spiro atoms. The molecule has 0 aliphatic carbocycles. The van der Waals surface area contributed by atoms with E-state index in [1.165, 1.54) is 12.8 Å². The first-order valence-corrected chi connectivity index (χ1v) is 8.41. The molecule has 1 saturated heterocycles. The fourth-order valence-electron chi connectivity index (χ4n) is 3.65. The maximum atomic E-state index is 11.4. The Kier molecular flexibility index (Phi) is 3.94. The molecule has 1 atom stereocenters. The van der Waals surface area contributed by atoms with Gasteiger partial charge < -0.3 is 14.7 Å². The Morgan fingerprint density at radius 3 is 2.75 bits per heavy atom. The van der Waals surface area contributed by atoms with Gasteiger partial charge in [-0.25, -0.2) is 9.78 Å². The van der Waals surface area contributed by atoms with Crippen molar-refractivity contribution in [1.82, 2.24) is 4.98 Å². The quantitative estimate of drug-likeness (QED) is 0.940.